The van der Waals surface area contributed by atoms with Gasteiger partial charge in [0.05, 0.1) is 6.61 Å². The van der Waals surface area contributed by atoms with Crippen LogP contribution in [0.25, 0.3) is 5.57 Å². The van der Waals surface area contributed by atoms with Crippen LogP contribution in [0.1, 0.15) is 83.6 Å². The second-order valence-electron chi connectivity index (χ2n) is 9.42. The second kappa shape index (κ2) is 9.66. The summed E-state index contributed by atoms with van der Waals surface area (Å²) in [4.78, 5) is 0. The molecule has 0 radical (unpaired) electrons. The van der Waals surface area contributed by atoms with Crippen molar-refractivity contribution in [2.24, 2.45) is 23.7 Å². The van der Waals surface area contributed by atoms with Gasteiger partial charge in [-0.25, -0.2) is 4.39 Å². The molecular formula is C27H36F2O. The normalized spacial score (nSPS) is 28.3. The van der Waals surface area contributed by atoms with Crippen molar-refractivity contribution >= 4 is 5.57 Å². The van der Waals surface area contributed by atoms with Crippen LogP contribution >= 0.6 is 0 Å². The second-order valence-corrected chi connectivity index (χ2v) is 9.42. The van der Waals surface area contributed by atoms with E-state index in [2.05, 4.69) is 19.1 Å². The lowest BCUT2D eigenvalue weighted by Gasteiger charge is -2.28. The van der Waals surface area contributed by atoms with Crippen molar-refractivity contribution in [2.45, 2.75) is 78.1 Å². The predicted molar refractivity (Wildman–Crippen MR) is 119 cm³/mol. The van der Waals surface area contributed by atoms with Gasteiger partial charge >= 0.3 is 0 Å². The molecule has 0 aromatic heterocycles. The van der Waals surface area contributed by atoms with Gasteiger partial charge in [0, 0.05) is 5.56 Å². The van der Waals surface area contributed by atoms with Crippen LogP contribution in [-0.4, -0.2) is 6.61 Å². The topological polar surface area (TPSA) is 9.23 Å². The Balaban J connectivity index is 1.40. The molecule has 4 unspecified atom stereocenters. The van der Waals surface area contributed by atoms with E-state index in [-0.39, 0.29) is 5.75 Å². The zero-order valence-electron chi connectivity index (χ0n) is 18.6. The van der Waals surface area contributed by atoms with E-state index in [1.165, 1.54) is 44.9 Å². The van der Waals surface area contributed by atoms with E-state index in [0.29, 0.717) is 18.1 Å². The van der Waals surface area contributed by atoms with Crippen molar-refractivity contribution < 1.29 is 13.5 Å². The monoisotopic (exact) mass is 414 g/mol. The van der Waals surface area contributed by atoms with E-state index < -0.39 is 11.6 Å². The van der Waals surface area contributed by atoms with Gasteiger partial charge in [-0.05, 0) is 86.8 Å². The van der Waals surface area contributed by atoms with E-state index in [0.717, 1.165) is 42.6 Å². The summed E-state index contributed by atoms with van der Waals surface area (Å²) in [5, 5.41) is 0. The molecule has 164 valence electrons. The molecule has 0 saturated heterocycles. The van der Waals surface area contributed by atoms with E-state index >= 15 is 0 Å². The van der Waals surface area contributed by atoms with E-state index in [1.54, 1.807) is 24.6 Å². The Morgan fingerprint density at radius 2 is 1.83 bits per heavy atom. The first-order chi connectivity index (χ1) is 14.6. The zero-order valence-corrected chi connectivity index (χ0v) is 18.6. The van der Waals surface area contributed by atoms with Gasteiger partial charge in [-0.2, -0.15) is 4.39 Å². The maximum atomic E-state index is 14.6. The molecule has 1 fully saturated rings. The van der Waals surface area contributed by atoms with Crippen LogP contribution in [0, 0.1) is 35.3 Å². The highest BCUT2D eigenvalue weighted by Crippen LogP contribution is 2.53. The minimum absolute atomic E-state index is 0.00455. The van der Waals surface area contributed by atoms with Crippen LogP contribution in [0.3, 0.4) is 0 Å². The van der Waals surface area contributed by atoms with Crippen molar-refractivity contribution in [1.82, 2.24) is 0 Å². The standard InChI is InChI=1S/C27H36F2O/c1-3-5-6-7-18-12-13-24-21(18)14-15-22(24)19-8-10-20(11-9-19)23-16-17-25(30-4-2)27(29)26(23)28/h10,15-19,21,24H,3-9,11-14H2,1-2H3. The largest absolute Gasteiger partial charge is 0.491 e. The Bertz CT molecular complexity index is 809. The van der Waals surface area contributed by atoms with Crippen LogP contribution in [0.2, 0.25) is 0 Å². The molecule has 1 nitrogen and oxygen atoms in total. The molecule has 3 aliphatic carbocycles. The zero-order chi connectivity index (χ0) is 21.1. The molecule has 1 saturated carbocycles. The lowest BCUT2D eigenvalue weighted by molar-refractivity contribution is 0.314. The number of fused-ring (bicyclic) bond motifs is 1. The molecule has 3 heteroatoms. The number of rotatable bonds is 8. The summed E-state index contributed by atoms with van der Waals surface area (Å²) in [5.41, 5.74) is 3.04. The Morgan fingerprint density at radius 3 is 2.57 bits per heavy atom. The fourth-order valence-corrected chi connectivity index (χ4v) is 6.26. The lowest BCUT2D eigenvalue weighted by atomic mass is 9.77. The highest BCUT2D eigenvalue weighted by Gasteiger charge is 2.42. The lowest BCUT2D eigenvalue weighted by Crippen LogP contribution is -2.17. The Kier molecular flexibility index (Phi) is 6.95. The van der Waals surface area contributed by atoms with Crippen LogP contribution in [0.5, 0.6) is 5.75 Å². The minimum atomic E-state index is -0.862. The van der Waals surface area contributed by atoms with E-state index in [4.69, 9.17) is 4.74 Å². The molecule has 0 aliphatic heterocycles. The van der Waals surface area contributed by atoms with Gasteiger partial charge in [0.2, 0.25) is 5.82 Å². The highest BCUT2D eigenvalue weighted by atomic mass is 19.2. The van der Waals surface area contributed by atoms with Gasteiger partial charge in [-0.1, -0.05) is 50.3 Å². The van der Waals surface area contributed by atoms with Gasteiger partial charge in [-0.3, -0.25) is 0 Å². The average Bonchev–Trinajstić information content (AvgIpc) is 3.35. The minimum Gasteiger partial charge on any atom is -0.491 e. The van der Waals surface area contributed by atoms with Gasteiger partial charge in [0.25, 0.3) is 0 Å². The molecule has 1 aromatic rings. The van der Waals surface area contributed by atoms with Crippen LogP contribution < -0.4 is 4.74 Å². The number of allylic oxidation sites excluding steroid dienone is 4. The van der Waals surface area contributed by atoms with E-state index in [9.17, 15) is 8.78 Å². The van der Waals surface area contributed by atoms with Gasteiger partial charge in [0.1, 0.15) is 0 Å². The first-order valence-corrected chi connectivity index (χ1v) is 12.1. The molecule has 0 heterocycles. The first kappa shape index (κ1) is 21.6. The molecule has 4 atom stereocenters. The fraction of sp³-hybridized carbons (Fsp3) is 0.630. The molecule has 1 aromatic carbocycles. The van der Waals surface area contributed by atoms with Crippen molar-refractivity contribution in [3.63, 3.8) is 0 Å². The van der Waals surface area contributed by atoms with Gasteiger partial charge in [0.15, 0.2) is 11.6 Å². The molecule has 30 heavy (non-hydrogen) atoms. The van der Waals surface area contributed by atoms with Crippen LogP contribution in [0.15, 0.2) is 29.9 Å². The van der Waals surface area contributed by atoms with Crippen molar-refractivity contribution in [2.75, 3.05) is 6.61 Å². The number of unbranched alkanes of at least 4 members (excludes halogenated alkanes) is 2. The summed E-state index contributed by atoms with van der Waals surface area (Å²) >= 11 is 0. The summed E-state index contributed by atoms with van der Waals surface area (Å²) in [5.74, 6) is 1.55. The Hall–Kier alpha value is -1.64. The summed E-state index contributed by atoms with van der Waals surface area (Å²) in [6.45, 7) is 4.39. The van der Waals surface area contributed by atoms with Gasteiger partial charge < -0.3 is 4.74 Å². The molecular weight excluding hydrogens is 378 g/mol. The van der Waals surface area contributed by atoms with Crippen molar-refractivity contribution in [3.05, 3.63) is 47.1 Å². The number of halogens is 2. The van der Waals surface area contributed by atoms with Crippen LogP contribution in [-0.2, 0) is 0 Å². The molecule has 0 bridgehead atoms. The molecule has 0 N–H and O–H groups in total. The van der Waals surface area contributed by atoms with Crippen molar-refractivity contribution in [3.8, 4) is 5.75 Å². The number of hydrogen-bond acceptors (Lipinski definition) is 1. The predicted octanol–water partition coefficient (Wildman–Crippen LogP) is 8.10. The average molecular weight is 415 g/mol. The third-order valence-electron chi connectivity index (χ3n) is 7.78. The molecule has 0 spiro atoms. The maximum Gasteiger partial charge on any atom is 0.201 e. The smallest absolute Gasteiger partial charge is 0.201 e. The third-order valence-corrected chi connectivity index (χ3v) is 7.78. The summed E-state index contributed by atoms with van der Waals surface area (Å²) in [6.07, 6.45) is 17.0. The number of benzene rings is 1. The number of hydrogen-bond donors (Lipinski definition) is 0. The fourth-order valence-electron chi connectivity index (χ4n) is 6.26. The van der Waals surface area contributed by atoms with Gasteiger partial charge in [-0.15, -0.1) is 0 Å². The SMILES string of the molecule is CCCCCC1CCC2C(C3CC=C(c4ccc(OCC)c(F)c4F)CC3)=CCC12. The molecule has 3 aliphatic rings. The quantitative estimate of drug-likeness (QED) is 0.308. The van der Waals surface area contributed by atoms with Crippen LogP contribution in [0.4, 0.5) is 8.78 Å². The molecule has 0 amide bonds. The highest BCUT2D eigenvalue weighted by molar-refractivity contribution is 5.67. The third kappa shape index (κ3) is 4.22. The van der Waals surface area contributed by atoms with E-state index in [1.807, 2.05) is 0 Å². The Morgan fingerprint density at radius 1 is 0.967 bits per heavy atom. The summed E-state index contributed by atoms with van der Waals surface area (Å²) in [6, 6.07) is 3.24. The molecule has 4 rings (SSSR count). The first-order valence-electron chi connectivity index (χ1n) is 12.1. The summed E-state index contributed by atoms with van der Waals surface area (Å²) in [7, 11) is 0. The summed E-state index contributed by atoms with van der Waals surface area (Å²) < 4.78 is 34.1. The van der Waals surface area contributed by atoms with Crippen molar-refractivity contribution in [1.29, 1.82) is 0 Å². The Labute approximate surface area is 180 Å². The maximum absolute atomic E-state index is 14.6. The number of ether oxygens (including phenoxy) is 1.